The van der Waals surface area contributed by atoms with Crippen molar-refractivity contribution in [2.24, 2.45) is 5.73 Å². The first-order valence-electron chi connectivity index (χ1n) is 6.67. The molecule has 8 heteroatoms. The van der Waals surface area contributed by atoms with E-state index in [1.165, 1.54) is 11.3 Å². The van der Waals surface area contributed by atoms with Crippen LogP contribution < -0.4 is 21.1 Å². The number of nitrogens with one attached hydrogen (secondary N) is 2. The van der Waals surface area contributed by atoms with Crippen LogP contribution in [0.4, 0.5) is 10.8 Å². The van der Waals surface area contributed by atoms with Crippen LogP contribution in [0.25, 0.3) is 0 Å². The Balaban J connectivity index is 0.00000242. The number of amides is 1. The Hall–Kier alpha value is -1.83. The van der Waals surface area contributed by atoms with E-state index in [2.05, 4.69) is 15.6 Å². The number of rotatable bonds is 7. The molecule has 1 heterocycles. The molecule has 0 saturated heterocycles. The van der Waals surface area contributed by atoms with Gasteiger partial charge in [0.15, 0.2) is 5.13 Å². The molecule has 22 heavy (non-hydrogen) atoms. The number of ether oxygens (including phenoxy) is 1. The molecule has 1 aromatic carbocycles. The SMILES string of the molecule is CCNc1ncc(C(=O)Nc2ccc(OCCN)cc2)s1.Cl. The van der Waals surface area contributed by atoms with Gasteiger partial charge in [-0.15, -0.1) is 12.4 Å². The van der Waals surface area contributed by atoms with Crippen molar-refractivity contribution in [1.29, 1.82) is 0 Å². The topological polar surface area (TPSA) is 89.3 Å². The molecule has 0 fully saturated rings. The van der Waals surface area contributed by atoms with Gasteiger partial charge >= 0.3 is 0 Å². The molecule has 0 unspecified atom stereocenters. The average Bonchev–Trinajstić information content (AvgIpc) is 2.96. The summed E-state index contributed by atoms with van der Waals surface area (Å²) in [6.45, 7) is 3.70. The molecule has 1 aromatic heterocycles. The van der Waals surface area contributed by atoms with E-state index in [1.807, 2.05) is 6.92 Å². The molecule has 1 amide bonds. The minimum Gasteiger partial charge on any atom is -0.492 e. The third-order valence-electron chi connectivity index (χ3n) is 2.56. The number of anilines is 2. The second-order valence-electron chi connectivity index (χ2n) is 4.18. The summed E-state index contributed by atoms with van der Waals surface area (Å²) in [6, 6.07) is 7.16. The zero-order valence-electron chi connectivity index (χ0n) is 12.2. The van der Waals surface area contributed by atoms with Crippen LogP contribution in [-0.2, 0) is 0 Å². The Bertz CT molecular complexity index is 589. The maximum Gasteiger partial charge on any atom is 0.267 e. The summed E-state index contributed by atoms with van der Waals surface area (Å²) in [5.74, 6) is 0.554. The largest absolute Gasteiger partial charge is 0.492 e. The number of halogens is 1. The van der Waals surface area contributed by atoms with Crippen LogP contribution in [0.2, 0.25) is 0 Å². The molecule has 120 valence electrons. The average molecular weight is 343 g/mol. The van der Waals surface area contributed by atoms with E-state index in [9.17, 15) is 4.79 Å². The quantitative estimate of drug-likeness (QED) is 0.719. The van der Waals surface area contributed by atoms with Crippen LogP contribution in [-0.4, -0.2) is 30.6 Å². The third-order valence-corrected chi connectivity index (χ3v) is 3.51. The number of hydrogen-bond donors (Lipinski definition) is 3. The number of hydrogen-bond acceptors (Lipinski definition) is 6. The van der Waals surface area contributed by atoms with Crippen molar-refractivity contribution in [3.8, 4) is 5.75 Å². The molecular formula is C14H19ClN4O2S. The lowest BCUT2D eigenvalue weighted by Gasteiger charge is -2.06. The van der Waals surface area contributed by atoms with Crippen LogP contribution in [0.15, 0.2) is 30.5 Å². The summed E-state index contributed by atoms with van der Waals surface area (Å²) < 4.78 is 5.38. The van der Waals surface area contributed by atoms with E-state index in [-0.39, 0.29) is 18.3 Å². The zero-order valence-corrected chi connectivity index (χ0v) is 13.8. The van der Waals surface area contributed by atoms with Crippen LogP contribution in [0, 0.1) is 0 Å². The Morgan fingerprint density at radius 2 is 2.09 bits per heavy atom. The first-order valence-corrected chi connectivity index (χ1v) is 7.48. The first-order chi connectivity index (χ1) is 10.2. The van der Waals surface area contributed by atoms with Crippen molar-refractivity contribution in [3.63, 3.8) is 0 Å². The van der Waals surface area contributed by atoms with Gasteiger partial charge in [-0.2, -0.15) is 0 Å². The van der Waals surface area contributed by atoms with Crippen LogP contribution in [0.1, 0.15) is 16.6 Å². The van der Waals surface area contributed by atoms with E-state index in [1.54, 1.807) is 30.5 Å². The summed E-state index contributed by atoms with van der Waals surface area (Å²) in [4.78, 5) is 16.8. The molecule has 2 aromatic rings. The van der Waals surface area contributed by atoms with Gasteiger partial charge in [-0.25, -0.2) is 4.98 Å². The van der Waals surface area contributed by atoms with Gasteiger partial charge in [0, 0.05) is 18.8 Å². The highest BCUT2D eigenvalue weighted by Crippen LogP contribution is 2.20. The third kappa shape index (κ3) is 5.18. The van der Waals surface area contributed by atoms with Crippen LogP contribution >= 0.6 is 23.7 Å². The second kappa shape index (κ2) is 9.24. The maximum atomic E-state index is 12.1. The van der Waals surface area contributed by atoms with Crippen molar-refractivity contribution in [3.05, 3.63) is 35.3 Å². The summed E-state index contributed by atoms with van der Waals surface area (Å²) in [7, 11) is 0. The fraction of sp³-hybridized carbons (Fsp3) is 0.286. The fourth-order valence-electron chi connectivity index (χ4n) is 1.62. The number of aromatic nitrogens is 1. The van der Waals surface area contributed by atoms with Gasteiger partial charge in [-0.1, -0.05) is 11.3 Å². The van der Waals surface area contributed by atoms with Gasteiger partial charge in [0.1, 0.15) is 17.2 Å². The molecule has 0 spiro atoms. The minimum atomic E-state index is -0.174. The van der Waals surface area contributed by atoms with Crippen molar-refractivity contribution in [2.75, 3.05) is 30.3 Å². The number of thiazole rings is 1. The van der Waals surface area contributed by atoms with Gasteiger partial charge in [0.05, 0.1) is 6.20 Å². The molecule has 4 N–H and O–H groups in total. The Labute approximate surface area is 139 Å². The summed E-state index contributed by atoms with van der Waals surface area (Å²) >= 11 is 1.33. The second-order valence-corrected chi connectivity index (χ2v) is 5.21. The highest BCUT2D eigenvalue weighted by Gasteiger charge is 2.10. The Morgan fingerprint density at radius 1 is 1.36 bits per heavy atom. The predicted octanol–water partition coefficient (Wildman–Crippen LogP) is 2.59. The van der Waals surface area contributed by atoms with Crippen molar-refractivity contribution in [2.45, 2.75) is 6.92 Å². The van der Waals surface area contributed by atoms with Crippen LogP contribution in [0.3, 0.4) is 0 Å². The van der Waals surface area contributed by atoms with Gasteiger partial charge < -0.3 is 21.1 Å². The summed E-state index contributed by atoms with van der Waals surface area (Å²) in [5.41, 5.74) is 6.08. The predicted molar refractivity (Wildman–Crippen MR) is 92.5 cm³/mol. The molecule has 6 nitrogen and oxygen atoms in total. The molecule has 0 saturated carbocycles. The van der Waals surface area contributed by atoms with Gasteiger partial charge in [0.25, 0.3) is 5.91 Å². The van der Waals surface area contributed by atoms with E-state index in [0.717, 1.165) is 17.4 Å². The molecule has 0 radical (unpaired) electrons. The molecule has 0 aliphatic rings. The molecule has 0 atom stereocenters. The number of nitrogens with zero attached hydrogens (tertiary/aromatic N) is 1. The van der Waals surface area contributed by atoms with Crippen molar-refractivity contribution in [1.82, 2.24) is 4.98 Å². The summed E-state index contributed by atoms with van der Waals surface area (Å²) in [6.07, 6.45) is 1.57. The number of nitrogens with two attached hydrogens (primary N) is 1. The molecule has 0 aliphatic heterocycles. The van der Waals surface area contributed by atoms with E-state index in [4.69, 9.17) is 10.5 Å². The highest BCUT2D eigenvalue weighted by molar-refractivity contribution is 7.17. The summed E-state index contributed by atoms with van der Waals surface area (Å²) in [5, 5.41) is 6.64. The zero-order chi connectivity index (χ0) is 15.1. The number of carbonyl (C=O) groups is 1. The molecule has 0 bridgehead atoms. The van der Waals surface area contributed by atoms with E-state index >= 15 is 0 Å². The smallest absolute Gasteiger partial charge is 0.267 e. The van der Waals surface area contributed by atoms with Gasteiger partial charge in [-0.05, 0) is 31.2 Å². The number of benzene rings is 1. The van der Waals surface area contributed by atoms with Gasteiger partial charge in [0.2, 0.25) is 0 Å². The maximum absolute atomic E-state index is 12.1. The van der Waals surface area contributed by atoms with E-state index in [0.29, 0.717) is 23.7 Å². The highest BCUT2D eigenvalue weighted by atomic mass is 35.5. The lowest BCUT2D eigenvalue weighted by molar-refractivity contribution is 0.103. The fourth-order valence-corrected chi connectivity index (χ4v) is 2.40. The number of carbonyl (C=O) groups excluding carboxylic acids is 1. The Kier molecular flexibility index (Phi) is 7.65. The first kappa shape index (κ1) is 18.2. The monoisotopic (exact) mass is 342 g/mol. The van der Waals surface area contributed by atoms with Gasteiger partial charge in [-0.3, -0.25) is 4.79 Å². The molecule has 2 rings (SSSR count). The molecular weight excluding hydrogens is 324 g/mol. The Morgan fingerprint density at radius 3 is 2.73 bits per heavy atom. The van der Waals surface area contributed by atoms with E-state index < -0.39 is 0 Å². The standard InChI is InChI=1S/C14H18N4O2S.ClH/c1-2-16-14-17-9-12(21-14)13(19)18-10-3-5-11(6-4-10)20-8-7-15;/h3-6,9H,2,7-8,15H2,1H3,(H,16,17)(H,18,19);1H. The lowest BCUT2D eigenvalue weighted by Crippen LogP contribution is -2.11. The van der Waals surface area contributed by atoms with Crippen molar-refractivity contribution < 1.29 is 9.53 Å². The lowest BCUT2D eigenvalue weighted by atomic mass is 10.3. The minimum absolute atomic E-state index is 0. The van der Waals surface area contributed by atoms with Crippen molar-refractivity contribution >= 4 is 40.5 Å². The van der Waals surface area contributed by atoms with Crippen LogP contribution in [0.5, 0.6) is 5.75 Å². The molecule has 0 aliphatic carbocycles. The normalized spacial score (nSPS) is 9.73.